The molecule has 0 fully saturated rings. The molecule has 2 unspecified atom stereocenters. The number of carbonyl (C=O) groups is 1. The standard InChI is InChI=1S/C21H31N3O2/c1-4-24(5-2)16-15-22-20(25)21(14-10-9-13-19(21)26-3)23-17-18-11-7-6-8-12-18/h6-14,19,23H,4-5,15-17H2,1-3H3,(H,22,25). The maximum Gasteiger partial charge on any atom is 0.247 e. The Morgan fingerprint density at radius 1 is 1.19 bits per heavy atom. The van der Waals surface area contributed by atoms with Crippen LogP contribution in [0.2, 0.25) is 0 Å². The second-order valence-corrected chi connectivity index (χ2v) is 6.39. The van der Waals surface area contributed by atoms with Gasteiger partial charge >= 0.3 is 0 Å². The van der Waals surface area contributed by atoms with Crippen LogP contribution in [-0.2, 0) is 16.1 Å². The molecule has 2 atom stereocenters. The van der Waals surface area contributed by atoms with Crippen molar-refractivity contribution >= 4 is 5.91 Å². The Balaban J connectivity index is 2.09. The summed E-state index contributed by atoms with van der Waals surface area (Å²) < 4.78 is 5.61. The van der Waals surface area contributed by atoms with Crippen LogP contribution >= 0.6 is 0 Å². The second-order valence-electron chi connectivity index (χ2n) is 6.39. The third-order valence-corrected chi connectivity index (χ3v) is 4.87. The first-order valence-electron chi connectivity index (χ1n) is 9.34. The molecule has 2 rings (SSSR count). The highest BCUT2D eigenvalue weighted by Gasteiger charge is 2.43. The Hall–Kier alpha value is -1.95. The summed E-state index contributed by atoms with van der Waals surface area (Å²) in [4.78, 5) is 15.4. The first-order chi connectivity index (χ1) is 12.7. The fourth-order valence-corrected chi connectivity index (χ4v) is 3.19. The van der Waals surface area contributed by atoms with Crippen molar-refractivity contribution in [3.8, 4) is 0 Å². The van der Waals surface area contributed by atoms with Crippen molar-refractivity contribution in [1.82, 2.24) is 15.5 Å². The number of rotatable bonds is 10. The lowest BCUT2D eigenvalue weighted by atomic mass is 9.86. The molecule has 0 bridgehead atoms. The Bertz CT molecular complexity index is 611. The molecule has 0 radical (unpaired) electrons. The van der Waals surface area contributed by atoms with Crippen molar-refractivity contribution in [2.24, 2.45) is 0 Å². The van der Waals surface area contributed by atoms with Crippen molar-refractivity contribution in [3.05, 3.63) is 60.2 Å². The number of likely N-dealkylation sites (N-methyl/N-ethyl adjacent to an activating group) is 1. The SMILES string of the molecule is CCN(CC)CCNC(=O)C1(NCc2ccccc2)C=CC=CC1OC. The van der Waals surface area contributed by atoms with E-state index < -0.39 is 5.54 Å². The zero-order chi connectivity index (χ0) is 18.8. The zero-order valence-electron chi connectivity index (χ0n) is 16.1. The third kappa shape index (κ3) is 5.04. The molecule has 142 valence electrons. The van der Waals surface area contributed by atoms with Gasteiger partial charge in [-0.25, -0.2) is 0 Å². The van der Waals surface area contributed by atoms with Crippen LogP contribution in [0.5, 0.6) is 0 Å². The van der Waals surface area contributed by atoms with Gasteiger partial charge in [0.15, 0.2) is 0 Å². The molecule has 0 saturated carbocycles. The Morgan fingerprint density at radius 3 is 2.58 bits per heavy atom. The molecular weight excluding hydrogens is 326 g/mol. The second kappa shape index (κ2) is 10.3. The van der Waals surface area contributed by atoms with Gasteiger partial charge in [0.05, 0.1) is 0 Å². The van der Waals surface area contributed by atoms with Crippen molar-refractivity contribution < 1.29 is 9.53 Å². The van der Waals surface area contributed by atoms with E-state index in [-0.39, 0.29) is 12.0 Å². The molecular formula is C21H31N3O2. The summed E-state index contributed by atoms with van der Waals surface area (Å²) in [6, 6.07) is 10.1. The first-order valence-corrected chi connectivity index (χ1v) is 9.34. The minimum atomic E-state index is -0.914. The minimum Gasteiger partial charge on any atom is -0.375 e. The summed E-state index contributed by atoms with van der Waals surface area (Å²) in [5.74, 6) is -0.0620. The maximum atomic E-state index is 13.1. The van der Waals surface area contributed by atoms with Gasteiger partial charge in [0.2, 0.25) is 5.91 Å². The number of hydrogen-bond acceptors (Lipinski definition) is 4. The van der Waals surface area contributed by atoms with Gasteiger partial charge in [-0.15, -0.1) is 0 Å². The molecule has 0 heterocycles. The monoisotopic (exact) mass is 357 g/mol. The Kier molecular flexibility index (Phi) is 8.04. The zero-order valence-corrected chi connectivity index (χ0v) is 16.1. The minimum absolute atomic E-state index is 0.0620. The molecule has 5 nitrogen and oxygen atoms in total. The van der Waals surface area contributed by atoms with Gasteiger partial charge in [-0.1, -0.05) is 68.5 Å². The lowest BCUT2D eigenvalue weighted by Gasteiger charge is -2.37. The van der Waals surface area contributed by atoms with Crippen LogP contribution in [0.4, 0.5) is 0 Å². The Morgan fingerprint density at radius 2 is 1.92 bits per heavy atom. The van der Waals surface area contributed by atoms with Crippen LogP contribution in [-0.4, -0.2) is 55.7 Å². The van der Waals surface area contributed by atoms with Crippen LogP contribution in [0.15, 0.2) is 54.6 Å². The van der Waals surface area contributed by atoms with Gasteiger partial charge in [0, 0.05) is 26.7 Å². The molecule has 1 aliphatic rings. The molecule has 1 amide bonds. The van der Waals surface area contributed by atoms with Gasteiger partial charge in [-0.05, 0) is 18.7 Å². The van der Waals surface area contributed by atoms with Crippen LogP contribution in [0.3, 0.4) is 0 Å². The normalized spacial score (nSPS) is 21.9. The Labute approximate surface area is 157 Å². The van der Waals surface area contributed by atoms with Gasteiger partial charge in [-0.3, -0.25) is 10.1 Å². The highest BCUT2D eigenvalue weighted by molar-refractivity contribution is 5.90. The number of carbonyl (C=O) groups excluding carboxylic acids is 1. The van der Waals surface area contributed by atoms with E-state index in [2.05, 4.69) is 29.4 Å². The summed E-state index contributed by atoms with van der Waals surface area (Å²) in [7, 11) is 1.64. The van der Waals surface area contributed by atoms with Gasteiger partial charge < -0.3 is 15.0 Å². The average Bonchev–Trinajstić information content (AvgIpc) is 2.70. The molecule has 0 spiro atoms. The highest BCUT2D eigenvalue weighted by Crippen LogP contribution is 2.22. The molecule has 0 saturated heterocycles. The van der Waals surface area contributed by atoms with E-state index in [0.717, 1.165) is 25.2 Å². The summed E-state index contributed by atoms with van der Waals surface area (Å²) in [5.41, 5.74) is 0.211. The summed E-state index contributed by atoms with van der Waals surface area (Å²) >= 11 is 0. The third-order valence-electron chi connectivity index (χ3n) is 4.87. The predicted molar refractivity (Wildman–Crippen MR) is 106 cm³/mol. The van der Waals surface area contributed by atoms with E-state index in [4.69, 9.17) is 4.74 Å². The number of nitrogens with one attached hydrogen (secondary N) is 2. The molecule has 1 aromatic rings. The van der Waals surface area contributed by atoms with Crippen LogP contribution in [0, 0.1) is 0 Å². The van der Waals surface area contributed by atoms with E-state index in [1.165, 1.54) is 0 Å². The smallest absolute Gasteiger partial charge is 0.247 e. The summed E-state index contributed by atoms with van der Waals surface area (Å²) in [5, 5.41) is 6.51. The number of hydrogen-bond donors (Lipinski definition) is 2. The van der Waals surface area contributed by atoms with E-state index in [0.29, 0.717) is 13.1 Å². The molecule has 1 aromatic carbocycles. The molecule has 0 aromatic heterocycles. The van der Waals surface area contributed by atoms with Crippen molar-refractivity contribution in [2.45, 2.75) is 32.0 Å². The van der Waals surface area contributed by atoms with E-state index >= 15 is 0 Å². The molecule has 5 heteroatoms. The molecule has 26 heavy (non-hydrogen) atoms. The average molecular weight is 357 g/mol. The number of methoxy groups -OCH3 is 1. The van der Waals surface area contributed by atoms with E-state index in [1.54, 1.807) is 7.11 Å². The van der Waals surface area contributed by atoms with Gasteiger partial charge in [-0.2, -0.15) is 0 Å². The van der Waals surface area contributed by atoms with Gasteiger partial charge in [0.25, 0.3) is 0 Å². The van der Waals surface area contributed by atoms with Gasteiger partial charge in [0.1, 0.15) is 11.6 Å². The predicted octanol–water partition coefficient (Wildman–Crippen LogP) is 2.11. The highest BCUT2D eigenvalue weighted by atomic mass is 16.5. The summed E-state index contributed by atoms with van der Waals surface area (Å²) in [6.45, 7) is 8.25. The van der Waals surface area contributed by atoms with Crippen molar-refractivity contribution in [2.75, 3.05) is 33.3 Å². The quantitative estimate of drug-likeness (QED) is 0.673. The number of ether oxygens (including phenoxy) is 1. The molecule has 1 aliphatic carbocycles. The number of nitrogens with zero attached hydrogens (tertiary/aromatic N) is 1. The number of amides is 1. The maximum absolute atomic E-state index is 13.1. The van der Waals surface area contributed by atoms with Crippen molar-refractivity contribution in [1.29, 1.82) is 0 Å². The first kappa shape index (κ1) is 20.4. The van der Waals surface area contributed by atoms with Crippen LogP contribution in [0.1, 0.15) is 19.4 Å². The molecule has 0 aliphatic heterocycles. The summed E-state index contributed by atoms with van der Waals surface area (Å²) in [6.07, 6.45) is 7.28. The molecule has 2 N–H and O–H groups in total. The fraction of sp³-hybridized carbons (Fsp3) is 0.476. The van der Waals surface area contributed by atoms with Crippen molar-refractivity contribution in [3.63, 3.8) is 0 Å². The number of benzene rings is 1. The number of allylic oxidation sites excluding steroid dienone is 2. The fourth-order valence-electron chi connectivity index (χ4n) is 3.19. The van der Waals surface area contributed by atoms with Crippen LogP contribution in [0.25, 0.3) is 0 Å². The van der Waals surface area contributed by atoms with Crippen LogP contribution < -0.4 is 10.6 Å². The largest absolute Gasteiger partial charge is 0.375 e. The lowest BCUT2D eigenvalue weighted by Crippen LogP contribution is -2.63. The lowest BCUT2D eigenvalue weighted by molar-refractivity contribution is -0.129. The topological polar surface area (TPSA) is 53.6 Å². The van der Waals surface area contributed by atoms with E-state index in [1.807, 2.05) is 54.6 Å². The van der Waals surface area contributed by atoms with E-state index in [9.17, 15) is 4.79 Å².